The predicted molar refractivity (Wildman–Crippen MR) is 194 cm³/mol. The summed E-state index contributed by atoms with van der Waals surface area (Å²) in [7, 11) is 3.22. The molecule has 248 valence electrons. The number of alkyl halides is 1. The second-order valence-corrected chi connectivity index (χ2v) is 13.7. The number of carbonyl (C=O) groups is 4. The Kier molecular flexibility index (Phi) is 13.5. The molecule has 0 unspecified atom stereocenters. The summed E-state index contributed by atoms with van der Waals surface area (Å²) in [5.74, 6) is 1.24. The van der Waals surface area contributed by atoms with Gasteiger partial charge in [-0.2, -0.15) is 0 Å². The van der Waals surface area contributed by atoms with Gasteiger partial charge in [0.15, 0.2) is 11.6 Å². The lowest BCUT2D eigenvalue weighted by atomic mass is 9.87. The first-order valence-electron chi connectivity index (χ1n) is 14.6. The number of halogens is 3. The van der Waals surface area contributed by atoms with E-state index in [4.69, 9.17) is 21.1 Å². The zero-order valence-corrected chi connectivity index (χ0v) is 31.2. The summed E-state index contributed by atoms with van der Waals surface area (Å²) in [6.07, 6.45) is 2.22. The lowest BCUT2D eigenvalue weighted by Crippen LogP contribution is -2.25. The van der Waals surface area contributed by atoms with Gasteiger partial charge < -0.3 is 30.1 Å². The third-order valence-corrected chi connectivity index (χ3v) is 8.99. The summed E-state index contributed by atoms with van der Waals surface area (Å²) >= 11 is 11.4. The van der Waals surface area contributed by atoms with E-state index in [0.29, 0.717) is 55.9 Å². The van der Waals surface area contributed by atoms with Gasteiger partial charge in [0.2, 0.25) is 12.3 Å². The number of aromatic amines is 2. The maximum absolute atomic E-state index is 12.8. The Morgan fingerprint density at radius 1 is 0.935 bits per heavy atom. The maximum atomic E-state index is 12.8. The summed E-state index contributed by atoms with van der Waals surface area (Å²) in [6, 6.07) is 7.67. The highest BCUT2D eigenvalue weighted by molar-refractivity contribution is 14.1. The number of fused-ring (bicyclic) bond motifs is 2. The van der Waals surface area contributed by atoms with E-state index in [-0.39, 0.29) is 23.4 Å². The molecule has 10 nitrogen and oxygen atoms in total. The Morgan fingerprint density at radius 2 is 1.50 bits per heavy atom. The van der Waals surface area contributed by atoms with E-state index in [1.54, 1.807) is 21.1 Å². The van der Waals surface area contributed by atoms with Crippen LogP contribution in [0.1, 0.15) is 66.2 Å². The Labute approximate surface area is 295 Å². The molecule has 0 radical (unpaired) electrons. The van der Waals surface area contributed by atoms with Gasteiger partial charge in [0.25, 0.3) is 0 Å². The maximum Gasteiger partial charge on any atom is 0.219 e. The Hall–Kier alpha value is -3.10. The van der Waals surface area contributed by atoms with E-state index in [0.717, 1.165) is 46.7 Å². The second-order valence-electron chi connectivity index (χ2n) is 11.4. The predicted octanol–water partition coefficient (Wildman–Crippen LogP) is 6.73. The van der Waals surface area contributed by atoms with Gasteiger partial charge in [0.1, 0.15) is 11.5 Å². The molecule has 0 spiro atoms. The molecule has 2 aromatic heterocycles. The molecular formula is C33H39BrClIN4O6. The van der Waals surface area contributed by atoms with Crippen LogP contribution < -0.4 is 20.1 Å². The number of aromatic nitrogens is 2. The van der Waals surface area contributed by atoms with Crippen LogP contribution in [-0.2, 0) is 22.4 Å². The molecule has 4 rings (SSSR count). The van der Waals surface area contributed by atoms with Crippen molar-refractivity contribution in [3.8, 4) is 11.5 Å². The minimum absolute atomic E-state index is 0.0119. The molecule has 2 aromatic carbocycles. The highest BCUT2D eigenvalue weighted by atomic mass is 127. The minimum Gasteiger partial charge on any atom is -0.496 e. The van der Waals surface area contributed by atoms with Gasteiger partial charge in [0, 0.05) is 46.7 Å². The normalized spacial score (nSPS) is 11.2. The Bertz CT molecular complexity index is 1740. The van der Waals surface area contributed by atoms with Crippen LogP contribution in [0.15, 0.2) is 28.7 Å². The van der Waals surface area contributed by atoms with E-state index in [2.05, 4.69) is 59.1 Å². The van der Waals surface area contributed by atoms with Crippen LogP contribution in [0.5, 0.6) is 11.5 Å². The number of benzene rings is 2. The molecule has 0 saturated heterocycles. The molecule has 13 heteroatoms. The Morgan fingerprint density at radius 3 is 2.07 bits per heavy atom. The van der Waals surface area contributed by atoms with Crippen molar-refractivity contribution in [3.05, 3.63) is 54.8 Å². The fourth-order valence-electron chi connectivity index (χ4n) is 4.92. The quantitative estimate of drug-likeness (QED) is 0.0388. The summed E-state index contributed by atoms with van der Waals surface area (Å²) < 4.78 is 12.5. The van der Waals surface area contributed by atoms with E-state index < -0.39 is 5.41 Å². The summed E-state index contributed by atoms with van der Waals surface area (Å²) in [5.41, 5.74) is 4.10. The lowest BCUT2D eigenvalue weighted by Gasteiger charge is -2.16. The van der Waals surface area contributed by atoms with Gasteiger partial charge in [-0.1, -0.05) is 27.7 Å². The fourth-order valence-corrected chi connectivity index (χ4v) is 6.24. The van der Waals surface area contributed by atoms with Crippen molar-refractivity contribution < 1.29 is 28.7 Å². The van der Waals surface area contributed by atoms with Gasteiger partial charge >= 0.3 is 0 Å². The van der Waals surface area contributed by atoms with Crippen molar-refractivity contribution in [2.75, 3.05) is 33.2 Å². The number of Topliss-reactive ketones (excluding diaryl/α,β-unsaturated/α-hetero) is 2. The smallest absolute Gasteiger partial charge is 0.219 e. The van der Waals surface area contributed by atoms with Gasteiger partial charge in [-0.3, -0.25) is 19.2 Å². The van der Waals surface area contributed by atoms with Crippen LogP contribution in [0, 0.1) is 8.99 Å². The molecule has 4 aromatic rings. The van der Waals surface area contributed by atoms with Gasteiger partial charge in [0.05, 0.1) is 39.5 Å². The van der Waals surface area contributed by atoms with E-state index >= 15 is 0 Å². The van der Waals surface area contributed by atoms with Crippen molar-refractivity contribution in [1.29, 1.82) is 0 Å². The number of hydrogen-bond donors (Lipinski definition) is 4. The van der Waals surface area contributed by atoms with Crippen LogP contribution in [0.3, 0.4) is 0 Å². The first kappa shape index (κ1) is 37.4. The van der Waals surface area contributed by atoms with Crippen molar-refractivity contribution >= 4 is 95.8 Å². The molecule has 0 atom stereocenters. The SMILES string of the molecule is CCC(=O)NCCc1c(C(=O)CCl)[nH]c2cc(I)c(OC)cc12.COc1cc2c(CCNC=O)c(C(=O)C(C)(C)C)[nH]c2cc1Br. The standard InChI is InChI=1S/C17H21BrN2O3.C16H18ClIN2O3/c1-17(2,3)16(22)15-10(5-6-19-9-21)11-7-14(23-4)12(18)8-13(11)20-15;1-3-15(22)19-5-4-9-10-6-14(23-2)11(18)7-12(10)20-16(9)13(21)8-17/h7-9,20H,5-6H2,1-4H3,(H,19,21);6-7,20H,3-5,8H2,1-2H3,(H,19,22). The second kappa shape index (κ2) is 16.6. The molecule has 46 heavy (non-hydrogen) atoms. The van der Waals surface area contributed by atoms with Crippen LogP contribution in [0.25, 0.3) is 21.8 Å². The monoisotopic (exact) mass is 828 g/mol. The molecule has 2 heterocycles. The number of ether oxygens (including phenoxy) is 2. The molecule has 2 amide bonds. The van der Waals surface area contributed by atoms with Gasteiger partial charge in [-0.15, -0.1) is 11.6 Å². The number of amides is 2. The average Bonchev–Trinajstić information content (AvgIpc) is 3.55. The first-order valence-corrected chi connectivity index (χ1v) is 17.1. The van der Waals surface area contributed by atoms with Crippen molar-refractivity contribution in [2.45, 2.75) is 47.0 Å². The van der Waals surface area contributed by atoms with Crippen LogP contribution in [0.2, 0.25) is 0 Å². The summed E-state index contributed by atoms with van der Waals surface area (Å²) in [4.78, 5) is 53.2. The molecule has 0 bridgehead atoms. The fraction of sp³-hybridized carbons (Fsp3) is 0.394. The van der Waals surface area contributed by atoms with Crippen LogP contribution >= 0.6 is 50.1 Å². The Balaban J connectivity index is 0.000000250. The topological polar surface area (TPSA) is 142 Å². The van der Waals surface area contributed by atoms with Crippen LogP contribution in [0.4, 0.5) is 0 Å². The molecule has 0 aliphatic carbocycles. The third-order valence-electron chi connectivity index (χ3n) is 7.29. The molecular weight excluding hydrogens is 791 g/mol. The van der Waals surface area contributed by atoms with Crippen molar-refractivity contribution in [1.82, 2.24) is 20.6 Å². The molecule has 0 aliphatic heterocycles. The lowest BCUT2D eigenvalue weighted by molar-refractivity contribution is -0.120. The van der Waals surface area contributed by atoms with E-state index in [1.807, 2.05) is 45.0 Å². The summed E-state index contributed by atoms with van der Waals surface area (Å²) in [5, 5.41) is 7.33. The van der Waals surface area contributed by atoms with Gasteiger partial charge in [-0.05, 0) is 86.8 Å². The number of methoxy groups -OCH3 is 2. The molecule has 0 aliphatic rings. The highest BCUT2D eigenvalue weighted by Crippen LogP contribution is 2.35. The molecule has 0 fully saturated rings. The number of nitrogens with one attached hydrogen (secondary N) is 4. The number of ketones is 2. The molecule has 4 N–H and O–H groups in total. The minimum atomic E-state index is -0.491. The molecule has 0 saturated carbocycles. The number of H-pyrrole nitrogens is 2. The number of hydrogen-bond acceptors (Lipinski definition) is 6. The number of carbonyl (C=O) groups excluding carboxylic acids is 4. The van der Waals surface area contributed by atoms with E-state index in [9.17, 15) is 19.2 Å². The highest BCUT2D eigenvalue weighted by Gasteiger charge is 2.28. The third kappa shape index (κ3) is 8.82. The van der Waals surface area contributed by atoms with Crippen molar-refractivity contribution in [2.24, 2.45) is 5.41 Å². The first-order chi connectivity index (χ1) is 21.8. The largest absolute Gasteiger partial charge is 0.496 e. The van der Waals surface area contributed by atoms with Gasteiger partial charge in [-0.25, -0.2) is 0 Å². The average molecular weight is 830 g/mol. The summed E-state index contributed by atoms with van der Waals surface area (Å²) in [6.45, 7) is 8.42. The van der Waals surface area contributed by atoms with Crippen molar-refractivity contribution in [3.63, 3.8) is 0 Å². The van der Waals surface area contributed by atoms with Crippen LogP contribution in [-0.4, -0.2) is 67.0 Å². The zero-order chi connectivity index (χ0) is 34.2. The van der Waals surface area contributed by atoms with E-state index in [1.165, 1.54) is 0 Å². The zero-order valence-electron chi connectivity index (χ0n) is 26.7. The number of rotatable bonds is 13.